The van der Waals surface area contributed by atoms with Gasteiger partial charge in [-0.1, -0.05) is 35.1 Å². The minimum atomic E-state index is -0.158. The highest BCUT2D eigenvalue weighted by atomic mass is 32.1. The lowest BCUT2D eigenvalue weighted by Gasteiger charge is -2.12. The number of thiophene rings is 1. The highest BCUT2D eigenvalue weighted by molar-refractivity contribution is 7.22. The number of aryl methyl sites for hydroxylation is 4. The van der Waals surface area contributed by atoms with Crippen molar-refractivity contribution >= 4 is 55.5 Å². The van der Waals surface area contributed by atoms with Crippen LogP contribution in [0.15, 0.2) is 47.8 Å². The second-order valence-electron chi connectivity index (χ2n) is 7.91. The summed E-state index contributed by atoms with van der Waals surface area (Å²) in [5, 5.41) is 8.54. The monoisotopic (exact) mass is 463 g/mol. The van der Waals surface area contributed by atoms with Crippen molar-refractivity contribution in [3.63, 3.8) is 0 Å². The van der Waals surface area contributed by atoms with Crippen LogP contribution in [0.25, 0.3) is 10.2 Å². The molecule has 0 radical (unpaired) electrons. The lowest BCUT2D eigenvalue weighted by molar-refractivity contribution is -0.116. The van der Waals surface area contributed by atoms with Crippen LogP contribution in [0.4, 0.5) is 10.8 Å². The van der Waals surface area contributed by atoms with Crippen molar-refractivity contribution in [1.29, 1.82) is 0 Å². The second-order valence-corrected chi connectivity index (χ2v) is 9.97. The van der Waals surface area contributed by atoms with E-state index in [1.54, 1.807) is 17.4 Å². The van der Waals surface area contributed by atoms with Gasteiger partial charge in [-0.05, 0) is 74.4 Å². The first-order chi connectivity index (χ1) is 15.4. The van der Waals surface area contributed by atoms with E-state index in [0.29, 0.717) is 17.1 Å². The fraction of sp³-hybridized carbons (Fsp3) is 0.240. The van der Waals surface area contributed by atoms with Crippen LogP contribution in [0.3, 0.4) is 0 Å². The molecule has 2 aromatic carbocycles. The van der Waals surface area contributed by atoms with Crippen LogP contribution >= 0.6 is 22.7 Å². The third-order valence-corrected chi connectivity index (χ3v) is 7.09. The molecule has 0 bridgehead atoms. The molecule has 0 aliphatic rings. The maximum absolute atomic E-state index is 12.9. The predicted molar refractivity (Wildman–Crippen MR) is 134 cm³/mol. The van der Waals surface area contributed by atoms with E-state index in [2.05, 4.69) is 33.8 Å². The van der Waals surface area contributed by atoms with E-state index in [-0.39, 0.29) is 11.8 Å². The number of anilines is 2. The Balaban J connectivity index is 1.41. The summed E-state index contributed by atoms with van der Waals surface area (Å²) in [7, 11) is 0. The molecule has 32 heavy (non-hydrogen) atoms. The summed E-state index contributed by atoms with van der Waals surface area (Å²) in [6.45, 7) is 6.04. The molecular weight excluding hydrogens is 438 g/mol. The molecular formula is C25H25N3O2S2. The quantitative estimate of drug-likeness (QED) is 0.329. The first kappa shape index (κ1) is 22.2. The summed E-state index contributed by atoms with van der Waals surface area (Å²) in [4.78, 5) is 30.9. The van der Waals surface area contributed by atoms with Crippen LogP contribution in [0.1, 0.15) is 44.8 Å². The van der Waals surface area contributed by atoms with Crippen molar-refractivity contribution in [2.45, 2.75) is 40.0 Å². The minimum absolute atomic E-state index is 0.0381. The zero-order chi connectivity index (χ0) is 22.7. The Bertz CT molecular complexity index is 1250. The number of fused-ring (bicyclic) bond motifs is 1. The van der Waals surface area contributed by atoms with Gasteiger partial charge in [-0.15, -0.1) is 11.3 Å². The number of nitrogens with one attached hydrogen (secondary N) is 2. The maximum Gasteiger partial charge on any atom is 0.255 e. The van der Waals surface area contributed by atoms with E-state index in [1.807, 2.05) is 44.4 Å². The Hall–Kier alpha value is -3.03. The molecule has 0 spiro atoms. The lowest BCUT2D eigenvalue weighted by atomic mass is 10.0. The van der Waals surface area contributed by atoms with Crippen molar-refractivity contribution < 1.29 is 9.59 Å². The number of aromatic nitrogens is 1. The van der Waals surface area contributed by atoms with Gasteiger partial charge >= 0.3 is 0 Å². The standard InChI is InChI=1S/C25H25N3O2S2/c1-15-12-16(2)23(17(3)13-15)28-24(30)18-9-10-20-21(14-18)32-25(26-20)27-22(29)8-4-6-19-7-5-11-31-19/h5,7,9-14H,4,6,8H2,1-3H3,(H,28,30)(H,26,27,29). The van der Waals surface area contributed by atoms with Crippen LogP contribution in [0, 0.1) is 20.8 Å². The number of amides is 2. The summed E-state index contributed by atoms with van der Waals surface area (Å²) in [5.74, 6) is -0.196. The fourth-order valence-corrected chi connectivity index (χ4v) is 5.41. The number of nitrogens with zero attached hydrogens (tertiary/aromatic N) is 1. The third kappa shape index (κ3) is 5.23. The highest BCUT2D eigenvalue weighted by Crippen LogP contribution is 2.28. The summed E-state index contributed by atoms with van der Waals surface area (Å²) >= 11 is 3.09. The molecule has 7 heteroatoms. The smallest absolute Gasteiger partial charge is 0.255 e. The minimum Gasteiger partial charge on any atom is -0.322 e. The van der Waals surface area contributed by atoms with Gasteiger partial charge in [0.15, 0.2) is 5.13 Å². The summed E-state index contributed by atoms with van der Waals surface area (Å²) in [6, 6.07) is 13.7. The van der Waals surface area contributed by atoms with Crippen LogP contribution in [0.2, 0.25) is 0 Å². The molecule has 4 aromatic rings. The molecule has 5 nitrogen and oxygen atoms in total. The zero-order valence-electron chi connectivity index (χ0n) is 18.3. The van der Waals surface area contributed by atoms with E-state index < -0.39 is 0 Å². The van der Waals surface area contributed by atoms with E-state index >= 15 is 0 Å². The Labute approximate surface area is 195 Å². The number of carbonyl (C=O) groups excluding carboxylic acids is 2. The Morgan fingerprint density at radius 2 is 1.78 bits per heavy atom. The van der Waals surface area contributed by atoms with E-state index in [9.17, 15) is 9.59 Å². The molecule has 2 aromatic heterocycles. The van der Waals surface area contributed by atoms with Gasteiger partial charge in [0.05, 0.1) is 10.2 Å². The first-order valence-corrected chi connectivity index (χ1v) is 12.2. The number of hydrogen-bond donors (Lipinski definition) is 2. The highest BCUT2D eigenvalue weighted by Gasteiger charge is 2.13. The third-order valence-electron chi connectivity index (χ3n) is 5.22. The Morgan fingerprint density at radius 3 is 2.50 bits per heavy atom. The average Bonchev–Trinajstić information content (AvgIpc) is 3.39. The SMILES string of the molecule is Cc1cc(C)c(NC(=O)c2ccc3nc(NC(=O)CCCc4cccs4)sc3c2)c(C)c1. The molecule has 2 heterocycles. The van der Waals surface area contributed by atoms with Crippen molar-refractivity contribution in [2.75, 3.05) is 10.6 Å². The number of rotatable bonds is 7. The average molecular weight is 464 g/mol. The lowest BCUT2D eigenvalue weighted by Crippen LogP contribution is -2.13. The summed E-state index contributed by atoms with van der Waals surface area (Å²) in [5.41, 5.74) is 5.43. The second kappa shape index (κ2) is 9.63. The molecule has 0 fully saturated rings. The van der Waals surface area contributed by atoms with Gasteiger partial charge in [-0.25, -0.2) is 4.98 Å². The van der Waals surface area contributed by atoms with Crippen LogP contribution < -0.4 is 10.6 Å². The Morgan fingerprint density at radius 1 is 1.00 bits per heavy atom. The molecule has 0 aliphatic carbocycles. The van der Waals surface area contributed by atoms with Crippen molar-refractivity contribution in [2.24, 2.45) is 0 Å². The number of hydrogen-bond acceptors (Lipinski definition) is 5. The normalized spacial score (nSPS) is 11.0. The predicted octanol–water partition coefficient (Wildman–Crippen LogP) is 6.50. The van der Waals surface area contributed by atoms with Crippen molar-refractivity contribution in [3.05, 3.63) is 75.0 Å². The summed E-state index contributed by atoms with van der Waals surface area (Å²) < 4.78 is 0.865. The molecule has 0 atom stereocenters. The first-order valence-electron chi connectivity index (χ1n) is 10.5. The van der Waals surface area contributed by atoms with E-state index in [4.69, 9.17) is 0 Å². The van der Waals surface area contributed by atoms with Crippen LogP contribution in [0.5, 0.6) is 0 Å². The van der Waals surface area contributed by atoms with Gasteiger partial charge in [-0.2, -0.15) is 0 Å². The van der Waals surface area contributed by atoms with Crippen LogP contribution in [-0.2, 0) is 11.2 Å². The summed E-state index contributed by atoms with van der Waals surface area (Å²) in [6.07, 6.45) is 2.17. The van der Waals surface area contributed by atoms with Crippen molar-refractivity contribution in [3.8, 4) is 0 Å². The van der Waals surface area contributed by atoms with Crippen molar-refractivity contribution in [1.82, 2.24) is 4.98 Å². The van der Waals surface area contributed by atoms with Gasteiger partial charge in [0, 0.05) is 22.5 Å². The molecule has 0 saturated heterocycles. The number of thiazole rings is 1. The Kier molecular flexibility index (Phi) is 6.67. The number of carbonyl (C=O) groups is 2. The maximum atomic E-state index is 12.9. The topological polar surface area (TPSA) is 71.1 Å². The number of benzene rings is 2. The molecule has 4 rings (SSSR count). The largest absolute Gasteiger partial charge is 0.322 e. The van der Waals surface area contributed by atoms with Gasteiger partial charge in [0.2, 0.25) is 5.91 Å². The van der Waals surface area contributed by atoms with Gasteiger partial charge in [0.25, 0.3) is 5.91 Å². The fourth-order valence-electron chi connectivity index (χ4n) is 3.74. The van der Waals surface area contributed by atoms with Gasteiger partial charge in [0.1, 0.15) is 0 Å². The van der Waals surface area contributed by atoms with E-state index in [1.165, 1.54) is 21.8 Å². The van der Waals surface area contributed by atoms with Gasteiger partial charge < -0.3 is 10.6 Å². The van der Waals surface area contributed by atoms with Gasteiger partial charge in [-0.3, -0.25) is 9.59 Å². The molecule has 0 unspecified atom stereocenters. The molecule has 2 N–H and O–H groups in total. The zero-order valence-corrected chi connectivity index (χ0v) is 20.0. The van der Waals surface area contributed by atoms with Crippen LogP contribution in [-0.4, -0.2) is 16.8 Å². The molecule has 0 saturated carbocycles. The van der Waals surface area contributed by atoms with E-state index in [0.717, 1.165) is 39.9 Å². The molecule has 2 amide bonds. The molecule has 0 aliphatic heterocycles. The molecule has 164 valence electrons.